The topological polar surface area (TPSA) is 140 Å². The normalized spacial score (nSPS) is 14.3. The molecule has 0 spiro atoms. The van der Waals surface area contributed by atoms with Crippen LogP contribution in [-0.2, 0) is 9.59 Å². The monoisotopic (exact) mass is 444 g/mol. The molecule has 11 nitrogen and oxygen atoms in total. The van der Waals surface area contributed by atoms with Gasteiger partial charge in [0.05, 0.1) is 24.8 Å². The minimum atomic E-state index is -0.882. The van der Waals surface area contributed by atoms with Crippen LogP contribution in [0.4, 0.5) is 20.6 Å². The van der Waals surface area contributed by atoms with Gasteiger partial charge in [-0.15, -0.1) is 0 Å². The van der Waals surface area contributed by atoms with Gasteiger partial charge in [0.1, 0.15) is 23.8 Å². The molecule has 0 atom stereocenters. The summed E-state index contributed by atoms with van der Waals surface area (Å²) in [5, 5.41) is 15.9. The van der Waals surface area contributed by atoms with Crippen LogP contribution in [0.3, 0.4) is 0 Å². The molecule has 0 aliphatic carbocycles. The first-order valence-corrected chi connectivity index (χ1v) is 9.04. The van der Waals surface area contributed by atoms with Crippen molar-refractivity contribution in [3.8, 4) is 11.5 Å². The minimum absolute atomic E-state index is 0.0535. The Morgan fingerprint density at radius 2 is 1.91 bits per heavy atom. The van der Waals surface area contributed by atoms with Gasteiger partial charge in [0.25, 0.3) is 5.91 Å². The minimum Gasteiger partial charge on any atom is -0.496 e. The number of imide groups is 1. The fourth-order valence-corrected chi connectivity index (χ4v) is 2.93. The molecule has 0 unspecified atom stereocenters. The Hall–Kier alpha value is -4.48. The highest BCUT2D eigenvalue weighted by Crippen LogP contribution is 2.35. The summed E-state index contributed by atoms with van der Waals surface area (Å²) in [5.41, 5.74) is -0.582. The summed E-state index contributed by atoms with van der Waals surface area (Å²) in [4.78, 5) is 48.3. The van der Waals surface area contributed by atoms with E-state index in [4.69, 9.17) is 9.47 Å². The summed E-state index contributed by atoms with van der Waals surface area (Å²) < 4.78 is 23.8. The van der Waals surface area contributed by atoms with Crippen LogP contribution in [0.15, 0.2) is 42.1 Å². The molecule has 12 heteroatoms. The fourth-order valence-electron chi connectivity index (χ4n) is 2.93. The first-order chi connectivity index (χ1) is 15.2. The van der Waals surface area contributed by atoms with E-state index in [1.807, 2.05) is 0 Å². The number of para-hydroxylation sites is 1. The quantitative estimate of drug-likeness (QED) is 0.289. The molecule has 0 aromatic heterocycles. The van der Waals surface area contributed by atoms with Crippen LogP contribution >= 0.6 is 0 Å². The zero-order valence-electron chi connectivity index (χ0n) is 16.9. The summed E-state index contributed by atoms with van der Waals surface area (Å²) in [6, 6.07) is 6.93. The van der Waals surface area contributed by atoms with Crippen molar-refractivity contribution in [2.24, 2.45) is 0 Å². The van der Waals surface area contributed by atoms with Crippen LogP contribution in [0.1, 0.15) is 5.56 Å². The number of hydrogen-bond donors (Lipinski definition) is 2. The van der Waals surface area contributed by atoms with Crippen LogP contribution in [0, 0.1) is 15.9 Å². The Balaban J connectivity index is 1.84. The molecule has 1 fully saturated rings. The van der Waals surface area contributed by atoms with Crippen LogP contribution in [0.2, 0.25) is 0 Å². The second-order valence-electron chi connectivity index (χ2n) is 6.43. The van der Waals surface area contributed by atoms with E-state index in [0.29, 0.717) is 4.90 Å². The zero-order valence-corrected chi connectivity index (χ0v) is 16.9. The third-order valence-corrected chi connectivity index (χ3v) is 4.44. The van der Waals surface area contributed by atoms with Crippen molar-refractivity contribution >= 4 is 35.3 Å². The maximum Gasteiger partial charge on any atom is 0.329 e. The molecule has 1 aliphatic rings. The first-order valence-electron chi connectivity index (χ1n) is 9.04. The number of ether oxygens (including phenoxy) is 2. The lowest BCUT2D eigenvalue weighted by molar-refractivity contribution is -0.385. The lowest BCUT2D eigenvalue weighted by Gasteiger charge is -2.12. The maximum atomic E-state index is 13.7. The largest absolute Gasteiger partial charge is 0.496 e. The predicted molar refractivity (Wildman–Crippen MR) is 109 cm³/mol. The second-order valence-corrected chi connectivity index (χ2v) is 6.43. The Morgan fingerprint density at radius 3 is 2.53 bits per heavy atom. The van der Waals surface area contributed by atoms with E-state index in [9.17, 15) is 28.9 Å². The van der Waals surface area contributed by atoms with E-state index in [1.54, 1.807) is 0 Å². The van der Waals surface area contributed by atoms with Crippen LogP contribution < -0.4 is 20.1 Å². The summed E-state index contributed by atoms with van der Waals surface area (Å²) in [7, 11) is 2.57. The van der Waals surface area contributed by atoms with Gasteiger partial charge < -0.3 is 20.1 Å². The van der Waals surface area contributed by atoms with Gasteiger partial charge in [0.15, 0.2) is 0 Å². The number of rotatable bonds is 7. The van der Waals surface area contributed by atoms with Crippen LogP contribution in [0.25, 0.3) is 6.08 Å². The molecule has 2 aromatic carbocycles. The Morgan fingerprint density at radius 1 is 1.22 bits per heavy atom. The average Bonchev–Trinajstić information content (AvgIpc) is 3.02. The number of anilines is 1. The first kappa shape index (κ1) is 22.2. The van der Waals surface area contributed by atoms with E-state index in [-0.39, 0.29) is 34.1 Å². The van der Waals surface area contributed by atoms with Gasteiger partial charge in [-0.2, -0.15) is 0 Å². The van der Waals surface area contributed by atoms with E-state index in [0.717, 1.165) is 12.1 Å². The lowest BCUT2D eigenvalue weighted by Crippen LogP contribution is -2.38. The third-order valence-electron chi connectivity index (χ3n) is 4.44. The molecule has 4 amide bonds. The van der Waals surface area contributed by atoms with Crippen molar-refractivity contribution in [1.29, 1.82) is 0 Å². The van der Waals surface area contributed by atoms with Crippen molar-refractivity contribution in [3.63, 3.8) is 0 Å². The number of nitro benzene ring substituents is 1. The molecule has 2 aromatic rings. The van der Waals surface area contributed by atoms with E-state index < -0.39 is 35.1 Å². The highest BCUT2D eigenvalue weighted by Gasteiger charge is 2.35. The van der Waals surface area contributed by atoms with Gasteiger partial charge in [0.2, 0.25) is 11.7 Å². The Kier molecular flexibility index (Phi) is 6.33. The van der Waals surface area contributed by atoms with Crippen LogP contribution in [-0.4, -0.2) is 48.4 Å². The molecular formula is C20H17FN4O7. The van der Waals surface area contributed by atoms with Crippen molar-refractivity contribution in [2.45, 2.75) is 0 Å². The highest BCUT2D eigenvalue weighted by molar-refractivity contribution is 6.16. The van der Waals surface area contributed by atoms with Crippen molar-refractivity contribution in [2.75, 3.05) is 26.1 Å². The number of urea groups is 1. The maximum absolute atomic E-state index is 13.7. The number of nitrogens with zero attached hydrogens (tertiary/aromatic N) is 2. The summed E-state index contributed by atoms with van der Waals surface area (Å²) in [5.74, 6) is -2.22. The molecular weight excluding hydrogens is 427 g/mol. The predicted octanol–water partition coefficient (Wildman–Crippen LogP) is 2.28. The van der Waals surface area contributed by atoms with Gasteiger partial charge in [0, 0.05) is 17.7 Å². The third kappa shape index (κ3) is 4.48. The highest BCUT2D eigenvalue weighted by atomic mass is 19.1. The van der Waals surface area contributed by atoms with Crippen molar-refractivity contribution < 1.29 is 33.2 Å². The number of hydrogen-bond acceptors (Lipinski definition) is 7. The van der Waals surface area contributed by atoms with E-state index >= 15 is 0 Å². The number of amides is 4. The summed E-state index contributed by atoms with van der Waals surface area (Å²) in [6.07, 6.45) is 1.18. The summed E-state index contributed by atoms with van der Waals surface area (Å²) >= 11 is 0. The van der Waals surface area contributed by atoms with Crippen molar-refractivity contribution in [1.82, 2.24) is 10.2 Å². The van der Waals surface area contributed by atoms with Gasteiger partial charge >= 0.3 is 11.7 Å². The molecule has 166 valence electrons. The molecule has 3 rings (SSSR count). The molecule has 1 aliphatic heterocycles. The number of benzene rings is 2. The average molecular weight is 444 g/mol. The lowest BCUT2D eigenvalue weighted by atomic mass is 10.1. The van der Waals surface area contributed by atoms with Gasteiger partial charge in [-0.05, 0) is 18.2 Å². The molecule has 2 N–H and O–H groups in total. The number of carbonyl (C=O) groups is 3. The Bertz CT molecular complexity index is 1150. The number of nitro groups is 1. The Labute approximate surface area is 180 Å². The number of halogens is 1. The van der Waals surface area contributed by atoms with Gasteiger partial charge in [-0.1, -0.05) is 12.1 Å². The van der Waals surface area contributed by atoms with Crippen molar-refractivity contribution in [3.05, 3.63) is 63.6 Å². The van der Waals surface area contributed by atoms with E-state index in [2.05, 4.69) is 10.6 Å². The zero-order chi connectivity index (χ0) is 23.4. The summed E-state index contributed by atoms with van der Waals surface area (Å²) in [6.45, 7) is -0.670. The van der Waals surface area contributed by atoms with Crippen LogP contribution in [0.5, 0.6) is 11.5 Å². The molecule has 0 bridgehead atoms. The van der Waals surface area contributed by atoms with E-state index in [1.165, 1.54) is 44.6 Å². The molecule has 0 radical (unpaired) electrons. The van der Waals surface area contributed by atoms with Gasteiger partial charge in [-0.3, -0.25) is 19.7 Å². The second kappa shape index (κ2) is 9.12. The number of nitrogens with one attached hydrogen (secondary N) is 2. The fraction of sp³-hybridized carbons (Fsp3) is 0.150. The molecule has 1 heterocycles. The number of carbonyl (C=O) groups excluding carboxylic acids is 3. The number of methoxy groups -OCH3 is 2. The standard InChI is InChI=1S/C20H17FN4O7/c1-31-16-9-17(32-2)15(25(29)30)8-11(16)7-14-19(27)24(20(28)23-14)10-18(26)22-13-6-4-3-5-12(13)21/h3-9H,10H2,1-2H3,(H,22,26)(H,23,28)/b14-7+. The smallest absolute Gasteiger partial charge is 0.329 e. The van der Waals surface area contributed by atoms with Gasteiger partial charge in [-0.25, -0.2) is 14.1 Å². The molecule has 0 saturated carbocycles. The molecule has 1 saturated heterocycles. The molecule has 32 heavy (non-hydrogen) atoms. The SMILES string of the molecule is COc1cc(OC)c([N+](=O)[O-])cc1/C=C1/NC(=O)N(CC(=O)Nc2ccccc2F)C1=O.